The minimum absolute atomic E-state index is 0.100. The third-order valence-electron chi connectivity index (χ3n) is 3.70. The van der Waals surface area contributed by atoms with Crippen molar-refractivity contribution < 1.29 is 23.7 Å². The Kier molecular flexibility index (Phi) is 8.54. The highest BCUT2D eigenvalue weighted by Crippen LogP contribution is 2.29. The quantitative estimate of drug-likeness (QED) is 0.448. The average Bonchev–Trinajstić information content (AvgIpc) is 2.50. The molecule has 1 aliphatic rings. The smallest absolute Gasteiger partial charge is 0.410 e. The molecular formula is C16H30INO5. The molecule has 1 heterocycles. The van der Waals surface area contributed by atoms with Crippen LogP contribution < -0.4 is 0 Å². The summed E-state index contributed by atoms with van der Waals surface area (Å²) in [5.74, 6) is 0. The summed E-state index contributed by atoms with van der Waals surface area (Å²) in [5, 5.41) is 0. The first-order chi connectivity index (χ1) is 10.7. The topological polar surface area (TPSA) is 57.2 Å². The SMILES string of the molecule is COCC(COC1(CI)CCCN(C(=O)OC(C)(C)C)C1)OC. The van der Waals surface area contributed by atoms with Gasteiger partial charge in [-0.05, 0) is 33.6 Å². The molecule has 0 N–H and O–H groups in total. The number of hydrogen-bond acceptors (Lipinski definition) is 5. The van der Waals surface area contributed by atoms with Crippen molar-refractivity contribution in [1.29, 1.82) is 0 Å². The van der Waals surface area contributed by atoms with E-state index in [0.29, 0.717) is 26.3 Å². The molecule has 1 amide bonds. The van der Waals surface area contributed by atoms with E-state index in [1.165, 1.54) is 0 Å². The number of methoxy groups -OCH3 is 2. The third kappa shape index (κ3) is 7.11. The van der Waals surface area contributed by atoms with E-state index in [-0.39, 0.29) is 17.8 Å². The summed E-state index contributed by atoms with van der Waals surface area (Å²) in [5.41, 5.74) is -0.831. The van der Waals surface area contributed by atoms with Crippen molar-refractivity contribution in [3.8, 4) is 0 Å². The van der Waals surface area contributed by atoms with Gasteiger partial charge in [0.15, 0.2) is 0 Å². The Balaban J connectivity index is 2.65. The Morgan fingerprint density at radius 2 is 2.00 bits per heavy atom. The molecule has 0 aromatic rings. The summed E-state index contributed by atoms with van der Waals surface area (Å²) in [6.45, 7) is 7.84. The average molecular weight is 443 g/mol. The Labute approximate surface area is 153 Å². The van der Waals surface area contributed by atoms with Gasteiger partial charge in [-0.2, -0.15) is 0 Å². The summed E-state index contributed by atoms with van der Waals surface area (Å²) >= 11 is 2.33. The number of carbonyl (C=O) groups is 1. The first kappa shape index (κ1) is 20.9. The number of hydrogen-bond donors (Lipinski definition) is 0. The van der Waals surface area contributed by atoms with Crippen LogP contribution in [0.15, 0.2) is 0 Å². The first-order valence-electron chi connectivity index (χ1n) is 7.95. The second kappa shape index (κ2) is 9.39. The molecule has 2 unspecified atom stereocenters. The molecule has 0 bridgehead atoms. The number of rotatable bonds is 7. The van der Waals surface area contributed by atoms with Crippen molar-refractivity contribution >= 4 is 28.7 Å². The van der Waals surface area contributed by atoms with Crippen LogP contribution in [0.5, 0.6) is 0 Å². The van der Waals surface area contributed by atoms with Gasteiger partial charge < -0.3 is 23.8 Å². The first-order valence-corrected chi connectivity index (χ1v) is 9.47. The number of alkyl halides is 1. The molecule has 1 aliphatic heterocycles. The highest BCUT2D eigenvalue weighted by atomic mass is 127. The Morgan fingerprint density at radius 1 is 1.30 bits per heavy atom. The molecule has 7 heteroatoms. The van der Waals surface area contributed by atoms with Gasteiger partial charge in [0.1, 0.15) is 11.7 Å². The molecule has 0 spiro atoms. The molecule has 0 aliphatic carbocycles. The van der Waals surface area contributed by atoms with Gasteiger partial charge in [0.2, 0.25) is 0 Å². The lowest BCUT2D eigenvalue weighted by Gasteiger charge is -2.42. The molecule has 6 nitrogen and oxygen atoms in total. The normalized spacial score (nSPS) is 23.7. The molecule has 0 aromatic carbocycles. The molecule has 0 radical (unpaired) electrons. The molecule has 23 heavy (non-hydrogen) atoms. The zero-order valence-electron chi connectivity index (χ0n) is 14.9. The maximum Gasteiger partial charge on any atom is 0.410 e. The van der Waals surface area contributed by atoms with Crippen LogP contribution in [0.25, 0.3) is 0 Å². The molecule has 0 aromatic heterocycles. The van der Waals surface area contributed by atoms with Crippen molar-refractivity contribution in [2.75, 3.05) is 45.0 Å². The molecule has 0 saturated carbocycles. The number of piperidine rings is 1. The van der Waals surface area contributed by atoms with E-state index < -0.39 is 5.60 Å². The van der Waals surface area contributed by atoms with Crippen molar-refractivity contribution in [3.63, 3.8) is 0 Å². The van der Waals surface area contributed by atoms with E-state index in [9.17, 15) is 4.79 Å². The van der Waals surface area contributed by atoms with Crippen molar-refractivity contribution in [1.82, 2.24) is 4.90 Å². The van der Waals surface area contributed by atoms with Gasteiger partial charge in [-0.1, -0.05) is 22.6 Å². The summed E-state index contributed by atoms with van der Waals surface area (Å²) in [4.78, 5) is 14.1. The molecule has 1 fully saturated rings. The third-order valence-corrected chi connectivity index (χ3v) is 5.09. The van der Waals surface area contributed by atoms with Crippen LogP contribution in [0, 0.1) is 0 Å². The monoisotopic (exact) mass is 443 g/mol. The summed E-state index contributed by atoms with van der Waals surface area (Å²) < 4.78 is 22.9. The van der Waals surface area contributed by atoms with Gasteiger partial charge in [0, 0.05) is 25.2 Å². The minimum Gasteiger partial charge on any atom is -0.444 e. The highest BCUT2D eigenvalue weighted by molar-refractivity contribution is 14.1. The fourth-order valence-electron chi connectivity index (χ4n) is 2.49. The summed E-state index contributed by atoms with van der Waals surface area (Å²) in [6, 6.07) is 0. The Bertz CT molecular complexity index is 374. The standard InChI is InChI=1S/C16H30INO5/c1-15(2,3)23-14(19)18-8-6-7-16(11-17,12-18)22-10-13(21-5)9-20-4/h13H,6-12H2,1-5H3. The molecule has 1 rings (SSSR count). The second-order valence-corrected chi connectivity index (χ2v) is 7.71. The van der Waals surface area contributed by atoms with E-state index in [1.807, 2.05) is 20.8 Å². The van der Waals surface area contributed by atoms with Crippen LogP contribution in [0.3, 0.4) is 0 Å². The number of halogens is 1. The van der Waals surface area contributed by atoms with E-state index >= 15 is 0 Å². The highest BCUT2D eigenvalue weighted by Gasteiger charge is 2.39. The van der Waals surface area contributed by atoms with Crippen molar-refractivity contribution in [2.24, 2.45) is 0 Å². The van der Waals surface area contributed by atoms with Gasteiger partial charge in [0.05, 0.1) is 25.4 Å². The zero-order chi connectivity index (χ0) is 17.5. The lowest BCUT2D eigenvalue weighted by molar-refractivity contribution is -0.114. The van der Waals surface area contributed by atoms with E-state index in [4.69, 9.17) is 18.9 Å². The Hall–Kier alpha value is -0.120. The fourth-order valence-corrected chi connectivity index (χ4v) is 3.33. The second-order valence-electron chi connectivity index (χ2n) is 6.95. The van der Waals surface area contributed by atoms with Crippen LogP contribution in [0.2, 0.25) is 0 Å². The molecule has 136 valence electrons. The van der Waals surface area contributed by atoms with Gasteiger partial charge in [0.25, 0.3) is 0 Å². The van der Waals surface area contributed by atoms with Gasteiger partial charge in [-0.25, -0.2) is 4.79 Å². The number of carbonyl (C=O) groups excluding carboxylic acids is 1. The summed E-state index contributed by atoms with van der Waals surface area (Å²) in [6.07, 6.45) is 1.47. The lowest BCUT2D eigenvalue weighted by Crippen LogP contribution is -2.54. The fraction of sp³-hybridized carbons (Fsp3) is 0.938. The van der Waals surface area contributed by atoms with E-state index in [2.05, 4.69) is 22.6 Å². The van der Waals surface area contributed by atoms with Gasteiger partial charge in [-0.15, -0.1) is 0 Å². The maximum absolute atomic E-state index is 12.3. The van der Waals surface area contributed by atoms with Gasteiger partial charge in [-0.3, -0.25) is 0 Å². The van der Waals surface area contributed by atoms with Crippen LogP contribution in [0.1, 0.15) is 33.6 Å². The van der Waals surface area contributed by atoms with E-state index in [0.717, 1.165) is 17.3 Å². The number of amides is 1. The lowest BCUT2D eigenvalue weighted by atomic mass is 9.95. The van der Waals surface area contributed by atoms with Crippen LogP contribution in [-0.4, -0.2) is 73.2 Å². The predicted octanol–water partition coefficient (Wildman–Crippen LogP) is 2.87. The van der Waals surface area contributed by atoms with Gasteiger partial charge >= 0.3 is 6.09 Å². The molecule has 2 atom stereocenters. The van der Waals surface area contributed by atoms with Crippen LogP contribution in [0.4, 0.5) is 4.79 Å². The predicted molar refractivity (Wildman–Crippen MR) is 97.3 cm³/mol. The largest absolute Gasteiger partial charge is 0.444 e. The molecule has 1 saturated heterocycles. The zero-order valence-corrected chi connectivity index (χ0v) is 17.1. The number of nitrogens with zero attached hydrogens (tertiary/aromatic N) is 1. The maximum atomic E-state index is 12.3. The van der Waals surface area contributed by atoms with Crippen molar-refractivity contribution in [3.05, 3.63) is 0 Å². The summed E-state index contributed by atoms with van der Waals surface area (Å²) in [7, 11) is 3.29. The van der Waals surface area contributed by atoms with E-state index in [1.54, 1.807) is 19.1 Å². The Morgan fingerprint density at radius 3 is 2.52 bits per heavy atom. The number of ether oxygens (including phenoxy) is 4. The van der Waals surface area contributed by atoms with Crippen LogP contribution in [-0.2, 0) is 18.9 Å². The molecular weight excluding hydrogens is 413 g/mol. The minimum atomic E-state index is -0.484. The van der Waals surface area contributed by atoms with Crippen LogP contribution >= 0.6 is 22.6 Å². The van der Waals surface area contributed by atoms with Crippen molar-refractivity contribution in [2.45, 2.75) is 50.9 Å². The number of likely N-dealkylation sites (tertiary alicyclic amines) is 1.